The fraction of sp³-hybridized carbons (Fsp3) is 0.600. The van der Waals surface area contributed by atoms with Gasteiger partial charge >= 0.3 is 6.09 Å². The lowest BCUT2D eigenvalue weighted by atomic mass is 10.2. The molecule has 1 fully saturated rings. The average Bonchev–Trinajstić information content (AvgIpc) is 2.37. The Hall–Kier alpha value is -1.30. The molecule has 0 radical (unpaired) electrons. The third kappa shape index (κ3) is 4.33. The number of nitrogens with zero attached hydrogens (tertiary/aromatic N) is 3. The first-order valence-corrected chi connectivity index (χ1v) is 7.92. The SMILES string of the molecule is CC1CN(c2ccc(Br)nc2)CCN1C(=O)OC(C)(C)C. The van der Waals surface area contributed by atoms with E-state index in [0.717, 1.165) is 23.4 Å². The third-order valence-electron chi connectivity index (χ3n) is 3.33. The summed E-state index contributed by atoms with van der Waals surface area (Å²) in [5, 5.41) is 0. The first kappa shape index (κ1) is 16.1. The lowest BCUT2D eigenvalue weighted by Crippen LogP contribution is -2.55. The zero-order chi connectivity index (χ0) is 15.6. The van der Waals surface area contributed by atoms with Gasteiger partial charge in [0.1, 0.15) is 10.2 Å². The molecular weight excluding hydrogens is 334 g/mol. The van der Waals surface area contributed by atoms with Gasteiger partial charge in [-0.15, -0.1) is 0 Å². The van der Waals surface area contributed by atoms with E-state index in [4.69, 9.17) is 4.74 Å². The van der Waals surface area contributed by atoms with Crippen molar-refractivity contribution in [3.05, 3.63) is 22.9 Å². The number of carbonyl (C=O) groups excluding carboxylic acids is 1. The summed E-state index contributed by atoms with van der Waals surface area (Å²) in [6.45, 7) is 9.93. The number of halogens is 1. The van der Waals surface area contributed by atoms with Crippen molar-refractivity contribution >= 4 is 27.7 Å². The van der Waals surface area contributed by atoms with Gasteiger partial charge in [-0.25, -0.2) is 9.78 Å². The molecule has 21 heavy (non-hydrogen) atoms. The number of hydrogen-bond acceptors (Lipinski definition) is 4. The molecule has 1 aromatic rings. The van der Waals surface area contributed by atoms with Crippen LogP contribution in [0.3, 0.4) is 0 Å². The Morgan fingerprint density at radius 2 is 2.10 bits per heavy atom. The lowest BCUT2D eigenvalue weighted by molar-refractivity contribution is 0.0159. The van der Waals surface area contributed by atoms with E-state index < -0.39 is 5.60 Å². The third-order valence-corrected chi connectivity index (χ3v) is 3.80. The number of anilines is 1. The van der Waals surface area contributed by atoms with Gasteiger partial charge in [0.2, 0.25) is 0 Å². The average molecular weight is 356 g/mol. The Labute approximate surface area is 134 Å². The highest BCUT2D eigenvalue weighted by Crippen LogP contribution is 2.21. The summed E-state index contributed by atoms with van der Waals surface area (Å²) >= 11 is 3.34. The van der Waals surface area contributed by atoms with Crippen LogP contribution in [0.15, 0.2) is 22.9 Å². The Kier molecular flexibility index (Phi) is 4.76. The summed E-state index contributed by atoms with van der Waals surface area (Å²) in [4.78, 5) is 20.5. The number of hydrogen-bond donors (Lipinski definition) is 0. The van der Waals surface area contributed by atoms with Crippen LogP contribution in [0.2, 0.25) is 0 Å². The normalized spacial score (nSPS) is 19.6. The molecule has 0 aliphatic carbocycles. The highest BCUT2D eigenvalue weighted by molar-refractivity contribution is 9.10. The smallest absolute Gasteiger partial charge is 0.410 e. The molecule has 0 saturated carbocycles. The fourth-order valence-corrected chi connectivity index (χ4v) is 2.57. The van der Waals surface area contributed by atoms with E-state index in [2.05, 4.69) is 25.8 Å². The number of ether oxygens (including phenoxy) is 1. The molecule has 6 heteroatoms. The molecule has 1 atom stereocenters. The second-order valence-corrected chi connectivity index (χ2v) is 7.12. The predicted molar refractivity (Wildman–Crippen MR) is 86.6 cm³/mol. The topological polar surface area (TPSA) is 45.7 Å². The molecule has 0 aromatic carbocycles. The van der Waals surface area contributed by atoms with E-state index in [1.807, 2.05) is 46.0 Å². The van der Waals surface area contributed by atoms with Crippen molar-refractivity contribution in [2.24, 2.45) is 0 Å². The van der Waals surface area contributed by atoms with Gasteiger partial charge in [-0.1, -0.05) is 0 Å². The van der Waals surface area contributed by atoms with Crippen molar-refractivity contribution in [2.45, 2.75) is 39.3 Å². The highest BCUT2D eigenvalue weighted by atomic mass is 79.9. The van der Waals surface area contributed by atoms with Crippen LogP contribution in [-0.2, 0) is 4.74 Å². The molecule has 1 aliphatic rings. The van der Waals surface area contributed by atoms with E-state index >= 15 is 0 Å². The fourth-order valence-electron chi connectivity index (χ4n) is 2.34. The molecule has 1 aliphatic heterocycles. The Balaban J connectivity index is 1.99. The minimum absolute atomic E-state index is 0.109. The van der Waals surface area contributed by atoms with Crippen LogP contribution in [0.5, 0.6) is 0 Å². The summed E-state index contributed by atoms with van der Waals surface area (Å²) < 4.78 is 6.28. The highest BCUT2D eigenvalue weighted by Gasteiger charge is 2.30. The molecule has 5 nitrogen and oxygen atoms in total. The molecule has 1 aromatic heterocycles. The number of rotatable bonds is 1. The van der Waals surface area contributed by atoms with Gasteiger partial charge in [0, 0.05) is 25.7 Å². The van der Waals surface area contributed by atoms with Crippen LogP contribution >= 0.6 is 15.9 Å². The zero-order valence-electron chi connectivity index (χ0n) is 13.0. The quantitative estimate of drug-likeness (QED) is 0.725. The minimum atomic E-state index is -0.455. The molecule has 116 valence electrons. The van der Waals surface area contributed by atoms with Gasteiger partial charge in [0.25, 0.3) is 0 Å². The molecule has 2 heterocycles. The molecule has 1 saturated heterocycles. The zero-order valence-corrected chi connectivity index (χ0v) is 14.6. The summed E-state index contributed by atoms with van der Waals surface area (Å²) in [7, 11) is 0. The summed E-state index contributed by atoms with van der Waals surface area (Å²) in [6, 6.07) is 4.07. The Morgan fingerprint density at radius 1 is 1.38 bits per heavy atom. The van der Waals surface area contributed by atoms with Crippen molar-refractivity contribution in [2.75, 3.05) is 24.5 Å². The first-order chi connectivity index (χ1) is 9.76. The van der Waals surface area contributed by atoms with Gasteiger partial charge in [-0.3, -0.25) is 0 Å². The molecule has 0 bridgehead atoms. The summed E-state index contributed by atoms with van der Waals surface area (Å²) in [6.07, 6.45) is 1.61. The van der Waals surface area contributed by atoms with Gasteiger partial charge in [-0.05, 0) is 55.8 Å². The van der Waals surface area contributed by atoms with Crippen LogP contribution in [0.25, 0.3) is 0 Å². The summed E-state index contributed by atoms with van der Waals surface area (Å²) in [5.74, 6) is 0. The second-order valence-electron chi connectivity index (χ2n) is 6.31. The summed E-state index contributed by atoms with van der Waals surface area (Å²) in [5.41, 5.74) is 0.623. The Bertz CT molecular complexity index is 499. The second kappa shape index (κ2) is 6.22. The molecule has 0 N–H and O–H groups in total. The van der Waals surface area contributed by atoms with Crippen LogP contribution in [0.4, 0.5) is 10.5 Å². The van der Waals surface area contributed by atoms with Gasteiger partial charge < -0.3 is 14.5 Å². The Morgan fingerprint density at radius 3 is 2.62 bits per heavy atom. The van der Waals surface area contributed by atoms with Crippen LogP contribution < -0.4 is 4.90 Å². The lowest BCUT2D eigenvalue weighted by Gasteiger charge is -2.41. The van der Waals surface area contributed by atoms with Gasteiger partial charge in [-0.2, -0.15) is 0 Å². The number of piperazine rings is 1. The number of amides is 1. The molecule has 0 spiro atoms. The number of aromatic nitrogens is 1. The molecular formula is C15H22BrN3O2. The maximum absolute atomic E-state index is 12.2. The van der Waals surface area contributed by atoms with Crippen molar-refractivity contribution in [1.29, 1.82) is 0 Å². The standard InChI is InChI=1S/C15H22BrN3O2/c1-11-10-18(12-5-6-13(16)17-9-12)7-8-19(11)14(20)21-15(2,3)4/h5-6,9,11H,7-8,10H2,1-4H3. The van der Waals surface area contributed by atoms with Crippen LogP contribution in [0.1, 0.15) is 27.7 Å². The van der Waals surface area contributed by atoms with E-state index in [0.29, 0.717) is 6.54 Å². The van der Waals surface area contributed by atoms with E-state index in [1.165, 1.54) is 0 Å². The number of pyridine rings is 1. The maximum Gasteiger partial charge on any atom is 0.410 e. The van der Waals surface area contributed by atoms with Gasteiger partial charge in [0.15, 0.2) is 0 Å². The van der Waals surface area contributed by atoms with Crippen molar-refractivity contribution in [3.8, 4) is 0 Å². The first-order valence-electron chi connectivity index (χ1n) is 7.12. The van der Waals surface area contributed by atoms with Gasteiger partial charge in [0.05, 0.1) is 11.9 Å². The monoisotopic (exact) mass is 355 g/mol. The molecule has 2 rings (SSSR count). The van der Waals surface area contributed by atoms with Crippen molar-refractivity contribution in [3.63, 3.8) is 0 Å². The predicted octanol–water partition coefficient (Wildman–Crippen LogP) is 3.29. The van der Waals surface area contributed by atoms with E-state index in [1.54, 1.807) is 4.90 Å². The molecule has 1 unspecified atom stereocenters. The van der Waals surface area contributed by atoms with Crippen molar-refractivity contribution in [1.82, 2.24) is 9.88 Å². The maximum atomic E-state index is 12.2. The van der Waals surface area contributed by atoms with E-state index in [9.17, 15) is 4.79 Å². The van der Waals surface area contributed by atoms with Crippen LogP contribution in [-0.4, -0.2) is 47.3 Å². The molecule has 1 amide bonds. The van der Waals surface area contributed by atoms with Crippen molar-refractivity contribution < 1.29 is 9.53 Å². The van der Waals surface area contributed by atoms with Crippen LogP contribution in [0, 0.1) is 0 Å². The van der Waals surface area contributed by atoms with E-state index in [-0.39, 0.29) is 12.1 Å². The number of carbonyl (C=O) groups is 1. The minimum Gasteiger partial charge on any atom is -0.444 e. The largest absolute Gasteiger partial charge is 0.444 e.